The van der Waals surface area contributed by atoms with Gasteiger partial charge in [0, 0.05) is 22.7 Å². The van der Waals surface area contributed by atoms with E-state index in [-0.39, 0.29) is 0 Å². The van der Waals surface area contributed by atoms with Gasteiger partial charge >= 0.3 is 6.09 Å². The summed E-state index contributed by atoms with van der Waals surface area (Å²) < 4.78 is 12.8. The van der Waals surface area contributed by atoms with E-state index in [9.17, 15) is 4.79 Å². The number of hydrazone groups is 1. The molecule has 6 heteroatoms. The van der Waals surface area contributed by atoms with Crippen LogP contribution < -0.4 is 10.2 Å². The van der Waals surface area contributed by atoms with Gasteiger partial charge in [0.25, 0.3) is 0 Å². The number of nitrogens with one attached hydrogen (secondary N) is 1. The van der Waals surface area contributed by atoms with Crippen LogP contribution in [0.4, 0.5) is 4.79 Å². The van der Waals surface area contributed by atoms with Crippen LogP contribution in [0.25, 0.3) is 10.9 Å². The molecule has 29 heavy (non-hydrogen) atoms. The molecule has 0 aliphatic rings. The fourth-order valence-corrected chi connectivity index (χ4v) is 3.26. The summed E-state index contributed by atoms with van der Waals surface area (Å²) in [5.74, 6) is 1.41. The number of ether oxygens (including phenoxy) is 2. The number of rotatable bonds is 8. The van der Waals surface area contributed by atoms with E-state index in [0.29, 0.717) is 19.1 Å². The smallest absolute Gasteiger partial charge is 0.427 e. The van der Waals surface area contributed by atoms with Crippen molar-refractivity contribution in [2.45, 2.75) is 32.7 Å². The molecule has 0 radical (unpaired) electrons. The Morgan fingerprint density at radius 3 is 2.76 bits per heavy atom. The van der Waals surface area contributed by atoms with Crippen molar-refractivity contribution in [1.82, 2.24) is 9.99 Å². The molecule has 1 aromatic heterocycles. The van der Waals surface area contributed by atoms with Gasteiger partial charge in [0.15, 0.2) is 0 Å². The van der Waals surface area contributed by atoms with Crippen LogP contribution >= 0.6 is 0 Å². The third-order valence-corrected chi connectivity index (χ3v) is 5.02. The highest BCUT2D eigenvalue weighted by Gasteiger charge is 2.10. The van der Waals surface area contributed by atoms with Crippen molar-refractivity contribution in [3.8, 4) is 5.75 Å². The average Bonchev–Trinajstić information content (AvgIpc) is 3.11. The van der Waals surface area contributed by atoms with Crippen molar-refractivity contribution in [2.75, 3.05) is 13.7 Å². The zero-order valence-corrected chi connectivity index (χ0v) is 17.1. The predicted molar refractivity (Wildman–Crippen MR) is 116 cm³/mol. The molecule has 0 fully saturated rings. The summed E-state index contributed by atoms with van der Waals surface area (Å²) >= 11 is 0. The first-order valence-electron chi connectivity index (χ1n) is 9.80. The molecule has 0 saturated heterocycles. The van der Waals surface area contributed by atoms with Crippen LogP contribution in [-0.4, -0.2) is 30.6 Å². The lowest BCUT2D eigenvalue weighted by Crippen LogP contribution is -2.16. The van der Waals surface area contributed by atoms with Crippen molar-refractivity contribution in [2.24, 2.45) is 5.10 Å². The molecule has 0 spiro atoms. The van der Waals surface area contributed by atoms with Crippen LogP contribution in [0.2, 0.25) is 0 Å². The number of benzene rings is 2. The first kappa shape index (κ1) is 20.5. The highest BCUT2D eigenvalue weighted by molar-refractivity contribution is 5.99. The maximum atomic E-state index is 11.2. The largest absolute Gasteiger partial charge is 0.491 e. The molecule has 1 atom stereocenters. The van der Waals surface area contributed by atoms with Gasteiger partial charge in [0.05, 0.1) is 19.9 Å². The first-order valence-corrected chi connectivity index (χ1v) is 9.80. The van der Waals surface area contributed by atoms with E-state index in [0.717, 1.165) is 28.6 Å². The lowest BCUT2D eigenvalue weighted by atomic mass is 9.98. The van der Waals surface area contributed by atoms with Crippen molar-refractivity contribution in [1.29, 1.82) is 0 Å². The van der Waals surface area contributed by atoms with Crippen LogP contribution in [0.5, 0.6) is 5.75 Å². The maximum absolute atomic E-state index is 11.2. The molecule has 0 saturated carbocycles. The Morgan fingerprint density at radius 1 is 1.21 bits per heavy atom. The van der Waals surface area contributed by atoms with Crippen molar-refractivity contribution in [3.63, 3.8) is 0 Å². The van der Waals surface area contributed by atoms with Gasteiger partial charge in [-0.1, -0.05) is 50.2 Å². The minimum Gasteiger partial charge on any atom is -0.491 e. The van der Waals surface area contributed by atoms with Gasteiger partial charge in [0.1, 0.15) is 12.4 Å². The summed E-state index contributed by atoms with van der Waals surface area (Å²) in [6.07, 6.45) is 4.11. The molecular weight excluding hydrogens is 366 g/mol. The molecule has 0 bridgehead atoms. The number of hydrogen-bond acceptors (Lipinski definition) is 4. The predicted octanol–water partition coefficient (Wildman–Crippen LogP) is 4.92. The fourth-order valence-electron chi connectivity index (χ4n) is 3.26. The summed E-state index contributed by atoms with van der Waals surface area (Å²) in [7, 11) is 1.30. The fraction of sp³-hybridized carbons (Fsp3) is 0.304. The maximum Gasteiger partial charge on any atom is 0.427 e. The van der Waals surface area contributed by atoms with E-state index in [1.165, 1.54) is 12.7 Å². The number of nitrogens with zero attached hydrogens (tertiary/aromatic N) is 2. The molecule has 1 N–H and O–H groups in total. The summed E-state index contributed by atoms with van der Waals surface area (Å²) in [5.41, 5.74) is 5.56. The highest BCUT2D eigenvalue weighted by atomic mass is 16.5. The van der Waals surface area contributed by atoms with Crippen LogP contribution in [0, 0.1) is 0 Å². The Labute approximate surface area is 171 Å². The topological polar surface area (TPSA) is 64.8 Å². The van der Waals surface area contributed by atoms with Crippen LogP contribution in [0.3, 0.4) is 0 Å². The molecule has 1 amide bonds. The second-order valence-electron chi connectivity index (χ2n) is 6.85. The quantitative estimate of drug-likeness (QED) is 0.436. The number of fused-ring (bicyclic) bond motifs is 1. The Morgan fingerprint density at radius 2 is 1.97 bits per heavy atom. The lowest BCUT2D eigenvalue weighted by Gasteiger charge is -2.16. The van der Waals surface area contributed by atoms with E-state index >= 15 is 0 Å². The van der Waals surface area contributed by atoms with E-state index in [1.54, 1.807) is 6.21 Å². The standard InChI is InChI=1S/C23H27N3O3/c1-4-17(2)19-9-6-8-12-22(19)29-14-13-26-16-18(15-24-25-23(27)28-3)20-10-5-7-11-21(20)26/h5-12,15-17H,4,13-14H2,1-3H3,(H,25,27)/b24-15-/t17-/m0/s1. The van der Waals surface area contributed by atoms with Crippen molar-refractivity contribution in [3.05, 3.63) is 65.9 Å². The van der Waals surface area contributed by atoms with E-state index in [2.05, 4.69) is 51.9 Å². The van der Waals surface area contributed by atoms with Crippen molar-refractivity contribution >= 4 is 23.2 Å². The summed E-state index contributed by atoms with van der Waals surface area (Å²) in [5, 5.41) is 5.01. The second-order valence-corrected chi connectivity index (χ2v) is 6.85. The molecule has 0 aliphatic heterocycles. The first-order chi connectivity index (χ1) is 14.1. The lowest BCUT2D eigenvalue weighted by molar-refractivity contribution is 0.171. The summed E-state index contributed by atoms with van der Waals surface area (Å²) in [4.78, 5) is 11.2. The SMILES string of the molecule is CC[C@H](C)c1ccccc1OCCn1cc(/C=N\NC(=O)OC)c2ccccc21. The number of carbonyl (C=O) groups excluding carboxylic acids is 1. The number of carbonyl (C=O) groups is 1. The van der Waals surface area contributed by atoms with Crippen LogP contribution in [0.1, 0.15) is 37.3 Å². The molecule has 3 aromatic rings. The van der Waals surface area contributed by atoms with Gasteiger partial charge in [-0.25, -0.2) is 10.2 Å². The molecule has 152 valence electrons. The molecule has 3 rings (SSSR count). The van der Waals surface area contributed by atoms with E-state index in [1.807, 2.05) is 36.5 Å². The van der Waals surface area contributed by atoms with Gasteiger partial charge < -0.3 is 14.0 Å². The second kappa shape index (κ2) is 9.78. The molecule has 0 unspecified atom stereocenters. The Balaban J connectivity index is 1.74. The number of hydrogen-bond donors (Lipinski definition) is 1. The Hall–Kier alpha value is -3.28. The monoisotopic (exact) mass is 393 g/mol. The van der Waals surface area contributed by atoms with Crippen LogP contribution in [-0.2, 0) is 11.3 Å². The molecule has 1 heterocycles. The zero-order valence-electron chi connectivity index (χ0n) is 17.1. The minimum atomic E-state index is -0.599. The number of aromatic nitrogens is 1. The molecule has 6 nitrogen and oxygen atoms in total. The molecule has 2 aromatic carbocycles. The van der Waals surface area contributed by atoms with Gasteiger partial charge in [0.2, 0.25) is 0 Å². The van der Waals surface area contributed by atoms with E-state index in [4.69, 9.17) is 4.74 Å². The highest BCUT2D eigenvalue weighted by Crippen LogP contribution is 2.28. The summed E-state index contributed by atoms with van der Waals surface area (Å²) in [6, 6.07) is 16.3. The average molecular weight is 393 g/mol. The van der Waals surface area contributed by atoms with Gasteiger partial charge in [-0.2, -0.15) is 5.10 Å². The Kier molecular flexibility index (Phi) is 6.89. The molecule has 0 aliphatic carbocycles. The summed E-state index contributed by atoms with van der Waals surface area (Å²) in [6.45, 7) is 5.66. The molecular formula is C23H27N3O3. The van der Waals surface area contributed by atoms with Crippen molar-refractivity contribution < 1.29 is 14.3 Å². The zero-order chi connectivity index (χ0) is 20.6. The number of para-hydroxylation sites is 2. The number of methoxy groups -OCH3 is 1. The van der Waals surface area contributed by atoms with Crippen LogP contribution in [0.15, 0.2) is 59.8 Å². The minimum absolute atomic E-state index is 0.462. The third kappa shape index (κ3) is 4.96. The normalized spacial score (nSPS) is 12.2. The van der Waals surface area contributed by atoms with E-state index < -0.39 is 6.09 Å². The van der Waals surface area contributed by atoms with Gasteiger partial charge in [-0.05, 0) is 30.0 Å². The number of amides is 1. The third-order valence-electron chi connectivity index (χ3n) is 5.02. The van der Waals surface area contributed by atoms with Gasteiger partial charge in [-0.15, -0.1) is 0 Å². The Bertz CT molecular complexity index is 994. The van der Waals surface area contributed by atoms with Gasteiger partial charge in [-0.3, -0.25) is 0 Å².